The van der Waals surface area contributed by atoms with Gasteiger partial charge in [-0.05, 0) is 43.7 Å². The normalized spacial score (nSPS) is 12.3. The molecule has 8 heteroatoms. The number of nitro groups is 1. The van der Waals surface area contributed by atoms with E-state index in [0.717, 1.165) is 5.56 Å². The van der Waals surface area contributed by atoms with E-state index in [-0.39, 0.29) is 17.6 Å². The number of benzene rings is 3. The lowest BCUT2D eigenvalue weighted by Gasteiger charge is -2.18. The first kappa shape index (κ1) is 22.5. The smallest absolute Gasteiger partial charge is 0.269 e. The topological polar surface area (TPSA) is 111 Å². The lowest BCUT2D eigenvalue weighted by Crippen LogP contribution is -2.32. The molecule has 0 aliphatic heterocycles. The molecule has 0 saturated heterocycles. The Bertz CT molecular complexity index is 1100. The molecule has 3 aromatic rings. The molecule has 0 fully saturated rings. The minimum absolute atomic E-state index is 0.0703. The molecule has 2 unspecified atom stereocenters. The Morgan fingerprint density at radius 2 is 1.53 bits per heavy atom. The Kier molecular flexibility index (Phi) is 7.17. The van der Waals surface area contributed by atoms with E-state index in [0.29, 0.717) is 17.0 Å². The molecule has 0 radical (unpaired) electrons. The van der Waals surface area contributed by atoms with E-state index in [1.54, 1.807) is 31.2 Å². The maximum atomic E-state index is 12.8. The Hall–Kier alpha value is -4.20. The van der Waals surface area contributed by atoms with Crippen LogP contribution in [0.1, 0.15) is 35.8 Å². The van der Waals surface area contributed by atoms with Crippen LogP contribution >= 0.6 is 0 Å². The summed E-state index contributed by atoms with van der Waals surface area (Å²) in [7, 11) is 0. The molecule has 2 atom stereocenters. The van der Waals surface area contributed by atoms with Gasteiger partial charge in [-0.15, -0.1) is 0 Å². The second-order valence-electron chi connectivity index (χ2n) is 7.15. The lowest BCUT2D eigenvalue weighted by molar-refractivity contribution is -0.384. The third-order valence-corrected chi connectivity index (χ3v) is 4.81. The zero-order valence-electron chi connectivity index (χ0n) is 17.6. The maximum absolute atomic E-state index is 12.8. The van der Waals surface area contributed by atoms with Gasteiger partial charge in [-0.25, -0.2) is 0 Å². The van der Waals surface area contributed by atoms with Crippen molar-refractivity contribution in [3.8, 4) is 5.75 Å². The first-order chi connectivity index (χ1) is 15.3. The second kappa shape index (κ2) is 10.2. The Labute approximate surface area is 185 Å². The fraction of sp³-hybridized carbons (Fsp3) is 0.167. The van der Waals surface area contributed by atoms with Gasteiger partial charge in [-0.1, -0.05) is 42.5 Å². The van der Waals surface area contributed by atoms with Gasteiger partial charge >= 0.3 is 0 Å². The second-order valence-corrected chi connectivity index (χ2v) is 7.15. The first-order valence-corrected chi connectivity index (χ1v) is 10.0. The number of nitrogens with one attached hydrogen (secondary N) is 2. The van der Waals surface area contributed by atoms with Crippen LogP contribution in [0.2, 0.25) is 0 Å². The number of ether oxygens (including phenoxy) is 1. The SMILES string of the molecule is CC(Oc1ccc([N+](=O)[O-])cc1)C(=O)Nc1ccccc1C(=O)NC(C)c1ccccc1. The van der Waals surface area contributed by atoms with Gasteiger partial charge in [0.15, 0.2) is 6.10 Å². The Morgan fingerprint density at radius 1 is 0.906 bits per heavy atom. The number of non-ortho nitro benzene ring substituents is 1. The van der Waals surface area contributed by atoms with Gasteiger partial charge in [0, 0.05) is 12.1 Å². The van der Waals surface area contributed by atoms with Crippen LogP contribution in [0.4, 0.5) is 11.4 Å². The number of amides is 2. The number of anilines is 1. The molecule has 2 amide bonds. The van der Waals surface area contributed by atoms with Crippen LogP contribution < -0.4 is 15.4 Å². The minimum atomic E-state index is -0.893. The van der Waals surface area contributed by atoms with Gasteiger partial charge in [-0.3, -0.25) is 19.7 Å². The highest BCUT2D eigenvalue weighted by Crippen LogP contribution is 2.21. The van der Waals surface area contributed by atoms with Crippen molar-refractivity contribution in [3.05, 3.63) is 100 Å². The van der Waals surface area contributed by atoms with Gasteiger partial charge < -0.3 is 15.4 Å². The lowest BCUT2D eigenvalue weighted by atomic mass is 10.1. The van der Waals surface area contributed by atoms with Gasteiger partial charge in [0.25, 0.3) is 17.5 Å². The first-order valence-electron chi connectivity index (χ1n) is 10.0. The van der Waals surface area contributed by atoms with Crippen molar-refractivity contribution >= 4 is 23.2 Å². The molecule has 8 nitrogen and oxygen atoms in total. The van der Waals surface area contributed by atoms with Crippen LogP contribution in [0.5, 0.6) is 5.75 Å². The average Bonchev–Trinajstić information content (AvgIpc) is 2.80. The van der Waals surface area contributed by atoms with E-state index in [1.807, 2.05) is 37.3 Å². The molecule has 0 saturated carbocycles. The van der Waals surface area contributed by atoms with Crippen molar-refractivity contribution in [3.63, 3.8) is 0 Å². The van der Waals surface area contributed by atoms with Crippen molar-refractivity contribution in [2.24, 2.45) is 0 Å². The molecule has 0 bridgehead atoms. The van der Waals surface area contributed by atoms with Crippen LogP contribution in [0.15, 0.2) is 78.9 Å². The molecule has 3 rings (SSSR count). The molecular formula is C24H23N3O5. The monoisotopic (exact) mass is 433 g/mol. The number of carbonyl (C=O) groups excluding carboxylic acids is 2. The third-order valence-electron chi connectivity index (χ3n) is 4.81. The summed E-state index contributed by atoms with van der Waals surface area (Å²) in [4.78, 5) is 35.7. The number of nitro benzene ring substituents is 1. The molecule has 3 aromatic carbocycles. The summed E-state index contributed by atoms with van der Waals surface area (Å²) in [6.07, 6.45) is -0.893. The van der Waals surface area contributed by atoms with Crippen molar-refractivity contribution in [1.29, 1.82) is 0 Å². The summed E-state index contributed by atoms with van der Waals surface area (Å²) in [5, 5.41) is 16.4. The zero-order valence-corrected chi connectivity index (χ0v) is 17.6. The van der Waals surface area contributed by atoms with Gasteiger partial charge in [0.05, 0.1) is 22.2 Å². The molecule has 32 heavy (non-hydrogen) atoms. The molecule has 0 spiro atoms. The highest BCUT2D eigenvalue weighted by Gasteiger charge is 2.20. The number of nitrogens with zero attached hydrogens (tertiary/aromatic N) is 1. The number of hydrogen-bond donors (Lipinski definition) is 2. The molecule has 164 valence electrons. The van der Waals surface area contributed by atoms with E-state index < -0.39 is 16.9 Å². The molecule has 0 aromatic heterocycles. The molecule has 0 aliphatic carbocycles. The quantitative estimate of drug-likeness (QED) is 0.402. The van der Waals surface area contributed by atoms with E-state index in [4.69, 9.17) is 4.74 Å². The van der Waals surface area contributed by atoms with Crippen LogP contribution in [0, 0.1) is 10.1 Å². The summed E-state index contributed by atoms with van der Waals surface area (Å²) >= 11 is 0. The van der Waals surface area contributed by atoms with E-state index in [2.05, 4.69) is 10.6 Å². The van der Waals surface area contributed by atoms with Crippen LogP contribution in [-0.2, 0) is 4.79 Å². The summed E-state index contributed by atoms with van der Waals surface area (Å²) in [6, 6.07) is 21.5. The van der Waals surface area contributed by atoms with Gasteiger partial charge in [0.1, 0.15) is 5.75 Å². The van der Waals surface area contributed by atoms with E-state index in [1.165, 1.54) is 24.3 Å². The van der Waals surface area contributed by atoms with E-state index in [9.17, 15) is 19.7 Å². The summed E-state index contributed by atoms with van der Waals surface area (Å²) in [6.45, 7) is 3.44. The third kappa shape index (κ3) is 5.69. The van der Waals surface area contributed by atoms with Crippen LogP contribution in [0.25, 0.3) is 0 Å². The molecule has 0 aliphatic rings. The van der Waals surface area contributed by atoms with Crippen molar-refractivity contribution in [2.45, 2.75) is 26.0 Å². The summed E-state index contributed by atoms with van der Waals surface area (Å²) < 4.78 is 5.57. The summed E-state index contributed by atoms with van der Waals surface area (Å²) in [5.74, 6) is -0.457. The van der Waals surface area contributed by atoms with Crippen LogP contribution in [0.3, 0.4) is 0 Å². The van der Waals surface area contributed by atoms with E-state index >= 15 is 0 Å². The van der Waals surface area contributed by atoms with Crippen molar-refractivity contribution < 1.29 is 19.2 Å². The number of hydrogen-bond acceptors (Lipinski definition) is 5. The molecular weight excluding hydrogens is 410 g/mol. The maximum Gasteiger partial charge on any atom is 0.269 e. The van der Waals surface area contributed by atoms with Crippen LogP contribution in [-0.4, -0.2) is 22.8 Å². The predicted octanol–water partition coefficient (Wildman–Crippen LogP) is 4.49. The number of carbonyl (C=O) groups is 2. The molecule has 0 heterocycles. The predicted molar refractivity (Wildman–Crippen MR) is 121 cm³/mol. The Morgan fingerprint density at radius 3 is 2.19 bits per heavy atom. The minimum Gasteiger partial charge on any atom is -0.481 e. The largest absolute Gasteiger partial charge is 0.481 e. The number of rotatable bonds is 8. The summed E-state index contributed by atoms with van der Waals surface area (Å²) in [5.41, 5.74) is 1.58. The standard InChI is InChI=1S/C24H23N3O5/c1-16(18-8-4-3-5-9-18)25-24(29)21-10-6-7-11-22(21)26-23(28)17(2)32-20-14-12-19(13-15-20)27(30)31/h3-17H,1-2H3,(H,25,29)(H,26,28). The fourth-order valence-corrected chi connectivity index (χ4v) is 3.03. The highest BCUT2D eigenvalue weighted by atomic mass is 16.6. The average molecular weight is 433 g/mol. The van der Waals surface area contributed by atoms with Gasteiger partial charge in [0.2, 0.25) is 0 Å². The fourth-order valence-electron chi connectivity index (χ4n) is 3.03. The zero-order chi connectivity index (χ0) is 23.1. The highest BCUT2D eigenvalue weighted by molar-refractivity contribution is 6.04. The van der Waals surface area contributed by atoms with Gasteiger partial charge in [-0.2, -0.15) is 0 Å². The van der Waals surface area contributed by atoms with Crippen molar-refractivity contribution in [1.82, 2.24) is 5.32 Å². The number of para-hydroxylation sites is 1. The van der Waals surface area contributed by atoms with Crippen molar-refractivity contribution in [2.75, 3.05) is 5.32 Å². The Balaban J connectivity index is 1.66. The molecule has 2 N–H and O–H groups in total.